The molecule has 35 heavy (non-hydrogen) atoms. The summed E-state index contributed by atoms with van der Waals surface area (Å²) in [6, 6.07) is -1.09. The Kier molecular flexibility index (Phi) is 11.4. The third kappa shape index (κ3) is 9.12. The zero-order chi connectivity index (χ0) is 25.2. The van der Waals surface area contributed by atoms with Crippen LogP contribution in [0.15, 0.2) is 4.99 Å². The number of aliphatic imine (C=N–C) groups is 1. The van der Waals surface area contributed by atoms with Crippen LogP contribution in [0.4, 0.5) is 5.13 Å². The quantitative estimate of drug-likeness (QED) is 0.160. The number of amidine groups is 1. The molecular weight excluding hydrogens is 504 g/mol. The Morgan fingerprint density at radius 3 is 2.34 bits per heavy atom. The van der Waals surface area contributed by atoms with Gasteiger partial charge in [-0.05, 0) is 60.8 Å². The highest BCUT2D eigenvalue weighted by molar-refractivity contribution is 8.26. The molecule has 0 radical (unpaired) electrons. The van der Waals surface area contributed by atoms with E-state index < -0.39 is 18.0 Å². The van der Waals surface area contributed by atoms with Crippen molar-refractivity contribution < 1.29 is 9.59 Å². The number of amides is 2. The van der Waals surface area contributed by atoms with Crippen LogP contribution in [-0.4, -0.2) is 55.8 Å². The summed E-state index contributed by atoms with van der Waals surface area (Å²) in [5.74, 6) is 1.43. The molecule has 2 aliphatic carbocycles. The lowest BCUT2D eigenvalue weighted by atomic mass is 9.98. The SMILES string of the molecule is N=C(CCSCCc1nnc(NC(=O)C(N)C2CCCC2)s1)SC(N)=NC(=O)C(N)C1CCCC1. The number of nitrogens with two attached hydrogens (primary N) is 3. The minimum absolute atomic E-state index is 0.0783. The Morgan fingerprint density at radius 2 is 1.69 bits per heavy atom. The molecule has 8 N–H and O–H groups in total. The number of anilines is 1. The van der Waals surface area contributed by atoms with E-state index in [9.17, 15) is 9.59 Å². The van der Waals surface area contributed by atoms with Gasteiger partial charge in [-0.15, -0.1) is 10.2 Å². The number of hydrogen-bond acceptors (Lipinski definition) is 10. The number of rotatable bonds is 11. The number of carbonyl (C=O) groups excluding carboxylic acids is 2. The highest BCUT2D eigenvalue weighted by Crippen LogP contribution is 2.28. The number of nitrogens with one attached hydrogen (secondary N) is 2. The lowest BCUT2D eigenvalue weighted by molar-refractivity contribution is -0.120. The number of aromatic nitrogens is 2. The van der Waals surface area contributed by atoms with E-state index in [1.807, 2.05) is 0 Å². The molecule has 0 saturated heterocycles. The normalized spacial score (nSPS) is 19.1. The highest BCUT2D eigenvalue weighted by atomic mass is 32.2. The Balaban J connectivity index is 1.29. The largest absolute Gasteiger partial charge is 0.378 e. The Hall–Kier alpha value is -1.54. The maximum absolute atomic E-state index is 12.3. The van der Waals surface area contributed by atoms with Gasteiger partial charge in [0.25, 0.3) is 5.91 Å². The first-order chi connectivity index (χ1) is 16.8. The molecule has 2 saturated carbocycles. The minimum Gasteiger partial charge on any atom is -0.378 e. The van der Waals surface area contributed by atoms with Gasteiger partial charge >= 0.3 is 0 Å². The standard InChI is InChI=1S/C22H36N8O2S3/c23-15(34-21(26)27-19(31)17(24)13-5-1-2-6-13)9-11-33-12-10-16-29-30-22(35-16)28-20(32)18(25)14-7-3-4-8-14/h13-14,17-18,23H,1-12,24-25H2,(H2,26,27,31)(H,28,30,32). The smallest absolute Gasteiger partial charge is 0.265 e. The molecule has 3 rings (SSSR count). The van der Waals surface area contributed by atoms with E-state index in [2.05, 4.69) is 20.5 Å². The molecule has 0 bridgehead atoms. The van der Waals surface area contributed by atoms with Crippen LogP contribution in [0.3, 0.4) is 0 Å². The van der Waals surface area contributed by atoms with Gasteiger partial charge in [0.05, 0.1) is 17.1 Å². The number of carbonyl (C=O) groups is 2. The second-order valence-corrected chi connectivity index (χ2v) is 12.5. The van der Waals surface area contributed by atoms with Gasteiger partial charge in [-0.2, -0.15) is 16.8 Å². The lowest BCUT2D eigenvalue weighted by Crippen LogP contribution is -2.40. The van der Waals surface area contributed by atoms with Crippen molar-refractivity contribution >= 4 is 62.0 Å². The molecule has 2 atom stereocenters. The molecule has 10 nitrogen and oxygen atoms in total. The van der Waals surface area contributed by atoms with Crippen molar-refractivity contribution in [2.24, 2.45) is 34.0 Å². The fourth-order valence-corrected chi connectivity index (χ4v) is 6.94. The van der Waals surface area contributed by atoms with Crippen molar-refractivity contribution in [1.82, 2.24) is 10.2 Å². The summed E-state index contributed by atoms with van der Waals surface area (Å²) in [5.41, 5.74) is 18.0. The van der Waals surface area contributed by atoms with Crippen LogP contribution >= 0.6 is 34.9 Å². The molecule has 1 aromatic heterocycles. The molecule has 1 heterocycles. The summed E-state index contributed by atoms with van der Waals surface area (Å²) in [6.45, 7) is 0. The first kappa shape index (κ1) is 28.0. The first-order valence-corrected chi connectivity index (χ1v) is 15.0. The van der Waals surface area contributed by atoms with Crippen LogP contribution in [-0.2, 0) is 16.0 Å². The molecule has 194 valence electrons. The second kappa shape index (κ2) is 14.3. The number of thioether (sulfide) groups is 2. The number of aryl methyl sites for hydroxylation is 1. The van der Waals surface area contributed by atoms with Crippen LogP contribution in [0.25, 0.3) is 0 Å². The van der Waals surface area contributed by atoms with E-state index in [1.165, 1.54) is 11.3 Å². The maximum atomic E-state index is 12.3. The summed E-state index contributed by atoms with van der Waals surface area (Å²) in [6.07, 6.45) is 9.69. The maximum Gasteiger partial charge on any atom is 0.265 e. The van der Waals surface area contributed by atoms with Crippen molar-refractivity contribution in [3.8, 4) is 0 Å². The fraction of sp³-hybridized carbons (Fsp3) is 0.727. The zero-order valence-corrected chi connectivity index (χ0v) is 22.4. The molecule has 0 spiro atoms. The van der Waals surface area contributed by atoms with Crippen LogP contribution in [0.1, 0.15) is 62.8 Å². The van der Waals surface area contributed by atoms with Crippen molar-refractivity contribution in [3.63, 3.8) is 0 Å². The van der Waals surface area contributed by atoms with Gasteiger partial charge in [0.1, 0.15) is 5.01 Å². The average molecular weight is 541 g/mol. The third-order valence-corrected chi connectivity index (χ3v) is 9.12. The minimum atomic E-state index is -0.598. The van der Waals surface area contributed by atoms with Gasteiger partial charge < -0.3 is 17.2 Å². The van der Waals surface area contributed by atoms with Crippen molar-refractivity contribution in [2.75, 3.05) is 16.8 Å². The van der Waals surface area contributed by atoms with Gasteiger partial charge in [-0.3, -0.25) is 20.3 Å². The molecule has 2 aliphatic rings. The summed E-state index contributed by atoms with van der Waals surface area (Å²) in [5, 5.41) is 20.9. The van der Waals surface area contributed by atoms with Crippen molar-refractivity contribution in [3.05, 3.63) is 5.01 Å². The van der Waals surface area contributed by atoms with Crippen molar-refractivity contribution in [2.45, 2.75) is 76.3 Å². The highest BCUT2D eigenvalue weighted by Gasteiger charge is 2.28. The summed E-state index contributed by atoms with van der Waals surface area (Å²) < 4.78 is 0. The van der Waals surface area contributed by atoms with Gasteiger partial charge in [0.2, 0.25) is 11.0 Å². The Labute approximate surface area is 218 Å². The molecule has 0 aromatic carbocycles. The van der Waals surface area contributed by atoms with Crippen LogP contribution in [0.5, 0.6) is 0 Å². The summed E-state index contributed by atoms with van der Waals surface area (Å²) in [7, 11) is 0. The van der Waals surface area contributed by atoms with Crippen LogP contribution < -0.4 is 22.5 Å². The molecule has 0 aliphatic heterocycles. The van der Waals surface area contributed by atoms with Gasteiger partial charge in [-0.25, -0.2) is 0 Å². The van der Waals surface area contributed by atoms with Crippen LogP contribution in [0.2, 0.25) is 0 Å². The topological polar surface area (TPSA) is 186 Å². The van der Waals surface area contributed by atoms with Gasteiger partial charge in [0, 0.05) is 12.8 Å². The molecule has 2 amide bonds. The van der Waals surface area contributed by atoms with E-state index >= 15 is 0 Å². The third-order valence-electron chi connectivity index (χ3n) is 6.48. The first-order valence-electron chi connectivity index (χ1n) is 12.2. The Morgan fingerprint density at radius 1 is 1.06 bits per heavy atom. The summed E-state index contributed by atoms with van der Waals surface area (Å²) in [4.78, 5) is 28.4. The molecule has 13 heteroatoms. The molecular formula is C22H36N8O2S3. The van der Waals surface area contributed by atoms with E-state index in [0.717, 1.165) is 86.1 Å². The number of nitrogens with zero attached hydrogens (tertiary/aromatic N) is 3. The Bertz CT molecular complexity index is 897. The molecule has 1 aromatic rings. The molecule has 2 fully saturated rings. The lowest BCUT2D eigenvalue weighted by Gasteiger charge is -2.16. The van der Waals surface area contributed by atoms with E-state index in [-0.39, 0.29) is 22.9 Å². The van der Waals surface area contributed by atoms with Crippen molar-refractivity contribution in [1.29, 1.82) is 5.41 Å². The summed E-state index contributed by atoms with van der Waals surface area (Å²) >= 11 is 4.07. The van der Waals surface area contributed by atoms with Gasteiger partial charge in [0.15, 0.2) is 5.17 Å². The van der Waals surface area contributed by atoms with Crippen LogP contribution in [0, 0.1) is 17.2 Å². The van der Waals surface area contributed by atoms with Gasteiger partial charge in [-0.1, -0.05) is 37.0 Å². The van der Waals surface area contributed by atoms with E-state index in [4.69, 9.17) is 22.6 Å². The predicted molar refractivity (Wildman–Crippen MR) is 146 cm³/mol. The predicted octanol–water partition coefficient (Wildman–Crippen LogP) is 2.73. The average Bonchev–Trinajstić information content (AvgIpc) is 3.60. The second-order valence-electron chi connectivity index (χ2n) is 9.06. The van der Waals surface area contributed by atoms with E-state index in [1.54, 1.807) is 11.8 Å². The number of hydrogen-bond donors (Lipinski definition) is 5. The van der Waals surface area contributed by atoms with E-state index in [0.29, 0.717) is 16.6 Å². The fourth-order valence-electron chi connectivity index (χ4n) is 4.45. The monoisotopic (exact) mass is 540 g/mol. The molecule has 2 unspecified atom stereocenters. The zero-order valence-electron chi connectivity index (χ0n) is 19.9.